The van der Waals surface area contributed by atoms with Gasteiger partial charge < -0.3 is 15.4 Å². The van der Waals surface area contributed by atoms with Gasteiger partial charge in [-0.15, -0.1) is 11.3 Å². The quantitative estimate of drug-likeness (QED) is 0.808. The van der Waals surface area contributed by atoms with Crippen LogP contribution in [0.5, 0.6) is 5.75 Å². The lowest BCUT2D eigenvalue weighted by atomic mass is 10.1. The Hall–Kier alpha value is -1.23. The first-order chi connectivity index (χ1) is 9.97. The van der Waals surface area contributed by atoms with Gasteiger partial charge in [-0.25, -0.2) is 0 Å². The van der Waals surface area contributed by atoms with Gasteiger partial charge in [0.2, 0.25) is 0 Å². The molecule has 1 aromatic heterocycles. The molecule has 0 aliphatic carbocycles. The summed E-state index contributed by atoms with van der Waals surface area (Å²) in [7, 11) is 0. The number of anilines is 2. The molecule has 0 saturated carbocycles. The van der Waals surface area contributed by atoms with Crippen LogP contribution in [0.3, 0.4) is 0 Å². The highest BCUT2D eigenvalue weighted by molar-refractivity contribution is 7.19. The van der Waals surface area contributed by atoms with Gasteiger partial charge in [-0.05, 0) is 26.2 Å². The van der Waals surface area contributed by atoms with Gasteiger partial charge in [-0.1, -0.05) is 20.3 Å². The summed E-state index contributed by atoms with van der Waals surface area (Å²) in [6.45, 7) is 10.1. The van der Waals surface area contributed by atoms with Crippen LogP contribution >= 0.6 is 11.3 Å². The average Bonchev–Trinajstić information content (AvgIpc) is 3.04. The van der Waals surface area contributed by atoms with Crippen molar-refractivity contribution in [2.75, 3.05) is 23.7 Å². The Bertz CT molecular complexity index is 511. The van der Waals surface area contributed by atoms with Crippen molar-refractivity contribution < 1.29 is 9.53 Å². The Balaban J connectivity index is 2.36. The second-order valence-corrected chi connectivity index (χ2v) is 6.93. The molecule has 1 aliphatic rings. The monoisotopic (exact) mass is 310 g/mol. The smallest absolute Gasteiger partial charge is 0.177 e. The third-order valence-electron chi connectivity index (χ3n) is 3.96. The number of carbonyl (C=O) groups is 1. The second-order valence-electron chi connectivity index (χ2n) is 5.93. The van der Waals surface area contributed by atoms with Crippen LogP contribution in [0.2, 0.25) is 0 Å². The summed E-state index contributed by atoms with van der Waals surface area (Å²) in [4.78, 5) is 15.1. The van der Waals surface area contributed by atoms with Crippen LogP contribution in [-0.2, 0) is 0 Å². The van der Waals surface area contributed by atoms with E-state index in [1.165, 1.54) is 24.2 Å². The number of Topliss-reactive ketones (excluding diaryl/α,β-unsaturated/α-hetero) is 1. The molecule has 1 atom stereocenters. The lowest BCUT2D eigenvalue weighted by molar-refractivity contribution is 0.0992. The summed E-state index contributed by atoms with van der Waals surface area (Å²) in [5.74, 6) is 1.54. The van der Waals surface area contributed by atoms with E-state index < -0.39 is 0 Å². The summed E-state index contributed by atoms with van der Waals surface area (Å²) >= 11 is 1.50. The van der Waals surface area contributed by atoms with Crippen LogP contribution in [0.4, 0.5) is 10.7 Å². The van der Waals surface area contributed by atoms with Crippen molar-refractivity contribution in [1.29, 1.82) is 0 Å². The third kappa shape index (κ3) is 3.34. The summed E-state index contributed by atoms with van der Waals surface area (Å²) in [5, 5.41) is 1.04. The van der Waals surface area contributed by atoms with Gasteiger partial charge in [0.25, 0.3) is 0 Å². The molecule has 0 amide bonds. The minimum atomic E-state index is 0.0507. The molecule has 0 spiro atoms. The summed E-state index contributed by atoms with van der Waals surface area (Å²) < 4.78 is 5.92. The van der Waals surface area contributed by atoms with Crippen molar-refractivity contribution in [3.8, 4) is 5.75 Å². The van der Waals surface area contributed by atoms with Crippen molar-refractivity contribution in [2.24, 2.45) is 5.92 Å². The number of thiophene rings is 1. The Morgan fingerprint density at radius 2 is 2.19 bits per heavy atom. The fraction of sp³-hybridized carbons (Fsp3) is 0.688. The summed E-state index contributed by atoms with van der Waals surface area (Å²) in [6, 6.07) is 0. The highest BCUT2D eigenvalue weighted by atomic mass is 32.1. The fourth-order valence-electron chi connectivity index (χ4n) is 2.69. The van der Waals surface area contributed by atoms with Gasteiger partial charge >= 0.3 is 0 Å². The first-order valence-corrected chi connectivity index (χ1v) is 8.66. The molecule has 1 aliphatic heterocycles. The first-order valence-electron chi connectivity index (χ1n) is 7.84. The molecule has 2 N–H and O–H groups in total. The predicted molar refractivity (Wildman–Crippen MR) is 89.7 cm³/mol. The van der Waals surface area contributed by atoms with Gasteiger partial charge in [0.15, 0.2) is 11.5 Å². The SMILES string of the molecule is CCC(=O)c1sc(N2CCC(CC)C2)c(OC(C)C)c1N. The van der Waals surface area contributed by atoms with E-state index in [1.807, 2.05) is 20.8 Å². The summed E-state index contributed by atoms with van der Waals surface area (Å²) in [5.41, 5.74) is 6.73. The molecule has 2 heterocycles. The molecular formula is C16H26N2O2S. The van der Waals surface area contributed by atoms with Gasteiger partial charge in [0, 0.05) is 19.5 Å². The average molecular weight is 310 g/mol. The normalized spacial score (nSPS) is 18.5. The standard InChI is InChI=1S/C16H26N2O2S/c1-5-11-7-8-18(9-11)16-14(20-10(3)4)13(17)15(21-16)12(19)6-2/h10-11H,5-9,17H2,1-4H3. The molecule has 0 bridgehead atoms. The number of nitrogens with zero attached hydrogens (tertiary/aromatic N) is 1. The van der Waals surface area contributed by atoms with E-state index in [0.717, 1.165) is 24.0 Å². The van der Waals surface area contributed by atoms with E-state index in [2.05, 4.69) is 11.8 Å². The van der Waals surface area contributed by atoms with Gasteiger partial charge in [0.05, 0.1) is 16.7 Å². The van der Waals surface area contributed by atoms with Crippen LogP contribution in [-0.4, -0.2) is 25.0 Å². The topological polar surface area (TPSA) is 55.6 Å². The highest BCUT2D eigenvalue weighted by Crippen LogP contribution is 2.47. The number of hydrogen-bond donors (Lipinski definition) is 1. The van der Waals surface area contributed by atoms with Crippen LogP contribution in [0.25, 0.3) is 0 Å². The van der Waals surface area contributed by atoms with Crippen molar-refractivity contribution in [2.45, 2.75) is 53.1 Å². The van der Waals surface area contributed by atoms with Gasteiger partial charge in [-0.3, -0.25) is 4.79 Å². The van der Waals surface area contributed by atoms with E-state index in [4.69, 9.17) is 10.5 Å². The largest absolute Gasteiger partial charge is 0.486 e. The van der Waals surface area contributed by atoms with E-state index in [9.17, 15) is 4.79 Å². The molecule has 21 heavy (non-hydrogen) atoms. The fourth-order valence-corrected chi connectivity index (χ4v) is 3.89. The molecule has 1 fully saturated rings. The van der Waals surface area contributed by atoms with E-state index in [-0.39, 0.29) is 11.9 Å². The number of ether oxygens (including phenoxy) is 1. The van der Waals surface area contributed by atoms with Crippen molar-refractivity contribution in [1.82, 2.24) is 0 Å². The van der Waals surface area contributed by atoms with Crippen LogP contribution in [0.15, 0.2) is 0 Å². The molecule has 1 saturated heterocycles. The van der Waals surface area contributed by atoms with Gasteiger partial charge in [-0.2, -0.15) is 0 Å². The molecule has 1 unspecified atom stereocenters. The number of ketones is 1. The third-order valence-corrected chi connectivity index (χ3v) is 5.25. The Morgan fingerprint density at radius 1 is 1.48 bits per heavy atom. The molecule has 4 nitrogen and oxygen atoms in total. The molecule has 1 aromatic rings. The Kier molecular flexibility index (Phi) is 5.14. The highest BCUT2D eigenvalue weighted by Gasteiger charge is 2.29. The first kappa shape index (κ1) is 16.1. The zero-order valence-corrected chi connectivity index (χ0v) is 14.3. The number of nitrogen functional groups attached to an aromatic ring is 1. The molecular weight excluding hydrogens is 284 g/mol. The Labute approximate surface area is 131 Å². The van der Waals surface area contributed by atoms with Crippen LogP contribution in [0.1, 0.15) is 56.6 Å². The molecule has 118 valence electrons. The number of rotatable bonds is 6. The van der Waals surface area contributed by atoms with Crippen molar-refractivity contribution in [3.05, 3.63) is 4.88 Å². The molecule has 0 aromatic carbocycles. The Morgan fingerprint density at radius 3 is 2.71 bits per heavy atom. The minimum absolute atomic E-state index is 0.0507. The van der Waals surface area contributed by atoms with Gasteiger partial charge in [0.1, 0.15) is 5.00 Å². The zero-order chi connectivity index (χ0) is 15.6. The lowest BCUT2D eigenvalue weighted by Gasteiger charge is -2.20. The van der Waals surface area contributed by atoms with E-state index in [0.29, 0.717) is 22.7 Å². The molecule has 0 radical (unpaired) electrons. The zero-order valence-electron chi connectivity index (χ0n) is 13.4. The van der Waals surface area contributed by atoms with Crippen LogP contribution in [0, 0.1) is 5.92 Å². The summed E-state index contributed by atoms with van der Waals surface area (Å²) in [6.07, 6.45) is 2.92. The maximum Gasteiger partial charge on any atom is 0.177 e. The number of nitrogens with two attached hydrogens (primary N) is 1. The van der Waals surface area contributed by atoms with E-state index >= 15 is 0 Å². The maximum absolute atomic E-state index is 12.1. The van der Waals surface area contributed by atoms with Crippen molar-refractivity contribution >= 4 is 27.8 Å². The molecule has 2 rings (SSSR count). The van der Waals surface area contributed by atoms with Crippen molar-refractivity contribution in [3.63, 3.8) is 0 Å². The minimum Gasteiger partial charge on any atom is -0.486 e. The molecule has 5 heteroatoms. The van der Waals surface area contributed by atoms with E-state index in [1.54, 1.807) is 0 Å². The number of hydrogen-bond acceptors (Lipinski definition) is 5. The predicted octanol–water partition coefficient (Wildman–Crippen LogP) is 3.95. The number of carbonyl (C=O) groups excluding carboxylic acids is 1. The maximum atomic E-state index is 12.1. The van der Waals surface area contributed by atoms with Crippen LogP contribution < -0.4 is 15.4 Å². The second kappa shape index (κ2) is 6.69. The lowest BCUT2D eigenvalue weighted by Crippen LogP contribution is -2.20.